The molecule has 3 rings (SSSR count). The maximum absolute atomic E-state index is 12.7. The lowest BCUT2D eigenvalue weighted by atomic mass is 10.1. The van der Waals surface area contributed by atoms with Crippen molar-refractivity contribution in [3.63, 3.8) is 0 Å². The van der Waals surface area contributed by atoms with Crippen molar-refractivity contribution >= 4 is 16.9 Å². The minimum absolute atomic E-state index is 0.141. The minimum Gasteiger partial charge on any atom is -0.422 e. The second-order valence-corrected chi connectivity index (χ2v) is 5.51. The van der Waals surface area contributed by atoms with Crippen molar-refractivity contribution in [3.8, 4) is 0 Å². The van der Waals surface area contributed by atoms with Crippen LogP contribution in [0.2, 0.25) is 0 Å². The Morgan fingerprint density at radius 2 is 2.00 bits per heavy atom. The number of carbonyl (C=O) groups excluding carboxylic acids is 1. The highest BCUT2D eigenvalue weighted by Crippen LogP contribution is 2.24. The van der Waals surface area contributed by atoms with Crippen LogP contribution >= 0.6 is 0 Å². The molecule has 1 aliphatic rings. The van der Waals surface area contributed by atoms with Crippen molar-refractivity contribution in [3.05, 3.63) is 46.3 Å². The highest BCUT2D eigenvalue weighted by Gasteiger charge is 2.28. The second kappa shape index (κ2) is 5.72. The molecule has 1 aliphatic carbocycles. The van der Waals surface area contributed by atoms with Gasteiger partial charge in [-0.15, -0.1) is 0 Å². The first-order valence-corrected chi connectivity index (χ1v) is 7.54. The van der Waals surface area contributed by atoms with Crippen LogP contribution in [0, 0.1) is 0 Å². The van der Waals surface area contributed by atoms with Gasteiger partial charge in [-0.2, -0.15) is 0 Å². The quantitative estimate of drug-likeness (QED) is 0.814. The molecule has 0 unspecified atom stereocenters. The zero-order valence-electron chi connectivity index (χ0n) is 12.2. The molecule has 1 aromatic heterocycles. The Balaban J connectivity index is 2.00. The van der Waals surface area contributed by atoms with E-state index in [1.165, 1.54) is 0 Å². The first kappa shape index (κ1) is 13.9. The van der Waals surface area contributed by atoms with Gasteiger partial charge in [-0.05, 0) is 31.9 Å². The Morgan fingerprint density at radius 1 is 1.29 bits per heavy atom. The monoisotopic (exact) mass is 285 g/mol. The topological polar surface area (TPSA) is 50.5 Å². The number of hydrogen-bond acceptors (Lipinski definition) is 3. The summed E-state index contributed by atoms with van der Waals surface area (Å²) in [6.45, 7) is 2.58. The van der Waals surface area contributed by atoms with E-state index in [-0.39, 0.29) is 17.5 Å². The van der Waals surface area contributed by atoms with Crippen molar-refractivity contribution < 1.29 is 9.21 Å². The van der Waals surface area contributed by atoms with E-state index in [1.807, 2.05) is 30.0 Å². The number of fused-ring (bicyclic) bond motifs is 1. The van der Waals surface area contributed by atoms with Gasteiger partial charge in [0.2, 0.25) is 0 Å². The van der Waals surface area contributed by atoms with Gasteiger partial charge in [0.05, 0.1) is 0 Å². The molecule has 0 spiro atoms. The third-order valence-corrected chi connectivity index (χ3v) is 4.24. The van der Waals surface area contributed by atoms with Crippen molar-refractivity contribution in [1.29, 1.82) is 0 Å². The molecule has 4 nitrogen and oxygen atoms in total. The smallest absolute Gasteiger partial charge is 0.349 e. The molecule has 0 saturated heterocycles. The molecule has 1 fully saturated rings. The molecule has 1 saturated carbocycles. The van der Waals surface area contributed by atoms with Gasteiger partial charge in [-0.1, -0.05) is 31.0 Å². The van der Waals surface area contributed by atoms with Crippen LogP contribution in [-0.4, -0.2) is 23.4 Å². The third kappa shape index (κ3) is 2.58. The summed E-state index contributed by atoms with van der Waals surface area (Å²) in [5, 5.41) is 0.780. The Morgan fingerprint density at radius 3 is 2.71 bits per heavy atom. The van der Waals surface area contributed by atoms with E-state index in [0.29, 0.717) is 12.1 Å². The summed E-state index contributed by atoms with van der Waals surface area (Å²) >= 11 is 0. The molecule has 1 amide bonds. The summed E-state index contributed by atoms with van der Waals surface area (Å²) in [6, 6.07) is 9.17. The maximum atomic E-state index is 12.7. The molecule has 4 heteroatoms. The molecule has 0 atom stereocenters. The van der Waals surface area contributed by atoms with Crippen LogP contribution < -0.4 is 5.63 Å². The fourth-order valence-electron chi connectivity index (χ4n) is 3.15. The van der Waals surface area contributed by atoms with Gasteiger partial charge in [0.1, 0.15) is 11.1 Å². The van der Waals surface area contributed by atoms with Crippen LogP contribution in [-0.2, 0) is 0 Å². The first-order chi connectivity index (χ1) is 10.2. The van der Waals surface area contributed by atoms with Crippen LogP contribution in [0.4, 0.5) is 0 Å². The van der Waals surface area contributed by atoms with Crippen molar-refractivity contribution in [2.75, 3.05) is 6.54 Å². The number of hydrogen-bond donors (Lipinski definition) is 0. The number of carbonyl (C=O) groups is 1. The molecule has 0 N–H and O–H groups in total. The molecule has 2 aromatic rings. The van der Waals surface area contributed by atoms with Crippen LogP contribution in [0.25, 0.3) is 11.0 Å². The molecule has 0 radical (unpaired) electrons. The number of para-hydroxylation sites is 1. The van der Waals surface area contributed by atoms with E-state index >= 15 is 0 Å². The molecule has 1 heterocycles. The van der Waals surface area contributed by atoms with Gasteiger partial charge in [0, 0.05) is 18.0 Å². The fraction of sp³-hybridized carbons (Fsp3) is 0.412. The number of amides is 1. The lowest BCUT2D eigenvalue weighted by molar-refractivity contribution is 0.0689. The lowest BCUT2D eigenvalue weighted by Gasteiger charge is -2.27. The third-order valence-electron chi connectivity index (χ3n) is 4.24. The largest absolute Gasteiger partial charge is 0.422 e. The normalized spacial score (nSPS) is 15.5. The van der Waals surface area contributed by atoms with Crippen LogP contribution in [0.15, 0.2) is 39.5 Å². The van der Waals surface area contributed by atoms with E-state index in [9.17, 15) is 9.59 Å². The lowest BCUT2D eigenvalue weighted by Crippen LogP contribution is -2.40. The molecule has 0 aliphatic heterocycles. The zero-order chi connectivity index (χ0) is 14.8. The van der Waals surface area contributed by atoms with E-state index in [2.05, 4.69) is 0 Å². The predicted molar refractivity (Wildman–Crippen MR) is 81.5 cm³/mol. The van der Waals surface area contributed by atoms with Crippen LogP contribution in [0.1, 0.15) is 43.0 Å². The van der Waals surface area contributed by atoms with Gasteiger partial charge in [0.15, 0.2) is 0 Å². The zero-order valence-corrected chi connectivity index (χ0v) is 12.2. The standard InChI is InChI=1S/C17H19NO3/c1-2-18(13-8-4-5-9-13)16(19)14-11-12-7-3-6-10-15(12)21-17(14)20/h3,6-7,10-11,13H,2,4-5,8-9H2,1H3. The fourth-order valence-corrected chi connectivity index (χ4v) is 3.15. The molecular formula is C17H19NO3. The second-order valence-electron chi connectivity index (χ2n) is 5.51. The summed E-state index contributed by atoms with van der Waals surface area (Å²) in [5.41, 5.74) is 0.112. The van der Waals surface area contributed by atoms with Gasteiger partial charge in [-0.3, -0.25) is 4.79 Å². The Kier molecular flexibility index (Phi) is 3.78. The average Bonchev–Trinajstić information content (AvgIpc) is 3.01. The average molecular weight is 285 g/mol. The maximum Gasteiger partial charge on any atom is 0.349 e. The van der Waals surface area contributed by atoms with E-state index in [1.54, 1.807) is 12.1 Å². The molecule has 0 bridgehead atoms. The Bertz CT molecular complexity index is 713. The minimum atomic E-state index is -0.546. The number of benzene rings is 1. The Hall–Kier alpha value is -2.10. The first-order valence-electron chi connectivity index (χ1n) is 7.54. The highest BCUT2D eigenvalue weighted by molar-refractivity contribution is 5.96. The number of rotatable bonds is 3. The SMILES string of the molecule is CCN(C(=O)c1cc2ccccc2oc1=O)C1CCCC1. The summed E-state index contributed by atoms with van der Waals surface area (Å²) in [7, 11) is 0. The molecular weight excluding hydrogens is 266 g/mol. The van der Waals surface area contributed by atoms with Gasteiger partial charge >= 0.3 is 5.63 Å². The van der Waals surface area contributed by atoms with Gasteiger partial charge in [0.25, 0.3) is 5.91 Å². The van der Waals surface area contributed by atoms with Crippen LogP contribution in [0.3, 0.4) is 0 Å². The highest BCUT2D eigenvalue weighted by atomic mass is 16.4. The van der Waals surface area contributed by atoms with Crippen molar-refractivity contribution in [2.24, 2.45) is 0 Å². The summed E-state index contributed by atoms with van der Waals surface area (Å²) in [5.74, 6) is -0.205. The molecule has 21 heavy (non-hydrogen) atoms. The summed E-state index contributed by atoms with van der Waals surface area (Å²) in [6.07, 6.45) is 4.36. The number of nitrogens with zero attached hydrogens (tertiary/aromatic N) is 1. The van der Waals surface area contributed by atoms with Crippen molar-refractivity contribution in [1.82, 2.24) is 4.90 Å². The molecule has 110 valence electrons. The summed E-state index contributed by atoms with van der Waals surface area (Å²) < 4.78 is 5.27. The summed E-state index contributed by atoms with van der Waals surface area (Å²) in [4.78, 5) is 26.6. The van der Waals surface area contributed by atoms with Crippen molar-refractivity contribution in [2.45, 2.75) is 38.6 Å². The Labute approximate surface area is 123 Å². The predicted octanol–water partition coefficient (Wildman–Crippen LogP) is 3.20. The van der Waals surface area contributed by atoms with E-state index in [0.717, 1.165) is 31.1 Å². The van der Waals surface area contributed by atoms with Crippen LogP contribution in [0.5, 0.6) is 0 Å². The van der Waals surface area contributed by atoms with Gasteiger partial charge < -0.3 is 9.32 Å². The van der Waals surface area contributed by atoms with E-state index in [4.69, 9.17) is 4.42 Å². The van der Waals surface area contributed by atoms with Gasteiger partial charge in [-0.25, -0.2) is 4.79 Å². The molecule has 1 aromatic carbocycles. The van der Waals surface area contributed by atoms with E-state index < -0.39 is 5.63 Å².